The topological polar surface area (TPSA) is 90.5 Å². The van der Waals surface area contributed by atoms with Crippen molar-refractivity contribution in [2.75, 3.05) is 54.4 Å². The van der Waals surface area contributed by atoms with E-state index in [9.17, 15) is 8.42 Å². The molecule has 8 nitrogen and oxygen atoms in total. The summed E-state index contributed by atoms with van der Waals surface area (Å²) in [5.41, 5.74) is 2.22. The van der Waals surface area contributed by atoms with E-state index in [1.165, 1.54) is 5.69 Å². The summed E-state index contributed by atoms with van der Waals surface area (Å²) in [6.45, 7) is 5.00. The van der Waals surface area contributed by atoms with Gasteiger partial charge < -0.3 is 15.1 Å². The maximum absolute atomic E-state index is 13.2. The number of aromatic nitrogens is 2. The fourth-order valence-electron chi connectivity index (χ4n) is 6.81. The second-order valence-corrected chi connectivity index (χ2v) is 14.0. The largest absolute Gasteiger partial charge is 0.368 e. The van der Waals surface area contributed by atoms with Crippen molar-refractivity contribution in [3.8, 4) is 0 Å². The molecule has 7 rings (SSSR count). The van der Waals surface area contributed by atoms with Crippen LogP contribution >= 0.6 is 0 Å². The number of hydrogen-bond acceptors (Lipinski definition) is 7. The Morgan fingerprint density at radius 3 is 2.02 bits per heavy atom. The summed E-state index contributed by atoms with van der Waals surface area (Å²) in [5.74, 6) is 2.52. The van der Waals surface area contributed by atoms with Gasteiger partial charge in [0.05, 0.1) is 10.4 Å². The summed E-state index contributed by atoms with van der Waals surface area (Å²) < 4.78 is 29.3. The smallest absolute Gasteiger partial charge is 0.241 e. The Kier molecular flexibility index (Phi) is 9.70. The molecule has 2 heterocycles. The molecule has 1 aliphatic heterocycles. The van der Waals surface area contributed by atoms with E-state index in [0.29, 0.717) is 29.2 Å². The first kappa shape index (κ1) is 31.8. The summed E-state index contributed by atoms with van der Waals surface area (Å²) in [4.78, 5) is 15.1. The van der Waals surface area contributed by atoms with E-state index in [1.807, 2.05) is 42.5 Å². The molecule has 2 fully saturated rings. The molecule has 0 radical (unpaired) electrons. The van der Waals surface area contributed by atoms with E-state index in [-0.39, 0.29) is 7.43 Å². The quantitative estimate of drug-likeness (QED) is 0.181. The van der Waals surface area contributed by atoms with Gasteiger partial charge in [-0.1, -0.05) is 74.2 Å². The minimum Gasteiger partial charge on any atom is -0.368 e. The zero-order chi connectivity index (χ0) is 30.6. The third-order valence-electron chi connectivity index (χ3n) is 9.40. The minimum atomic E-state index is -3.58. The Bertz CT molecular complexity index is 1860. The molecule has 1 saturated heterocycles. The molecule has 4 aromatic carbocycles. The second kappa shape index (κ2) is 14.1. The van der Waals surface area contributed by atoms with Gasteiger partial charge in [0.1, 0.15) is 5.82 Å². The number of rotatable bonds is 9. The molecule has 0 spiro atoms. The number of nitrogens with zero attached hydrogens (tertiary/aromatic N) is 4. The first-order valence-electron chi connectivity index (χ1n) is 16.1. The average Bonchev–Trinajstić information content (AvgIpc) is 3.10. The minimum absolute atomic E-state index is 0. The average molecular weight is 637 g/mol. The van der Waals surface area contributed by atoms with Crippen molar-refractivity contribution in [3.05, 3.63) is 97.1 Å². The zero-order valence-corrected chi connectivity index (χ0v) is 26.3. The highest BCUT2D eigenvalue weighted by atomic mass is 32.2. The normalized spacial score (nSPS) is 18.8. The highest BCUT2D eigenvalue weighted by molar-refractivity contribution is 7.89. The van der Waals surface area contributed by atoms with Crippen LogP contribution in [0.25, 0.3) is 21.7 Å². The molecule has 1 aromatic heterocycles. The SMILES string of the molecule is C.O=S(=O)(NCC1CCC(CNc2nc(N3CCN(c4ccccc4)CC3)c3ccccc3n2)CC1)c1cccc2ccccc12. The summed E-state index contributed by atoms with van der Waals surface area (Å²) in [7, 11) is -3.58. The molecule has 9 heteroatoms. The molecule has 0 unspecified atom stereocenters. The molecule has 0 bridgehead atoms. The Balaban J connectivity index is 0.00000372. The van der Waals surface area contributed by atoms with Crippen molar-refractivity contribution >= 4 is 49.2 Å². The van der Waals surface area contributed by atoms with Crippen LogP contribution < -0.4 is 19.8 Å². The zero-order valence-electron chi connectivity index (χ0n) is 25.5. The van der Waals surface area contributed by atoms with Gasteiger partial charge in [0, 0.05) is 55.7 Å². The van der Waals surface area contributed by atoms with Gasteiger partial charge in [-0.2, -0.15) is 4.98 Å². The predicted molar refractivity (Wildman–Crippen MR) is 190 cm³/mol. The fourth-order valence-corrected chi connectivity index (χ4v) is 8.15. The Labute approximate surface area is 272 Å². The molecular formula is C37H44N6O2S. The van der Waals surface area contributed by atoms with Gasteiger partial charge in [0.2, 0.25) is 16.0 Å². The Morgan fingerprint density at radius 2 is 1.26 bits per heavy atom. The van der Waals surface area contributed by atoms with Crippen LogP contribution in [0.2, 0.25) is 0 Å². The first-order valence-corrected chi connectivity index (χ1v) is 17.5. The fraction of sp³-hybridized carbons (Fsp3) is 0.351. The van der Waals surface area contributed by atoms with Gasteiger partial charge in [-0.05, 0) is 73.2 Å². The van der Waals surface area contributed by atoms with Crippen molar-refractivity contribution in [3.63, 3.8) is 0 Å². The second-order valence-electron chi connectivity index (χ2n) is 12.3. The van der Waals surface area contributed by atoms with Crippen LogP contribution in [-0.4, -0.2) is 57.7 Å². The van der Waals surface area contributed by atoms with E-state index in [1.54, 1.807) is 6.07 Å². The van der Waals surface area contributed by atoms with Gasteiger partial charge in [-0.15, -0.1) is 0 Å². The lowest BCUT2D eigenvalue weighted by Crippen LogP contribution is -2.47. The van der Waals surface area contributed by atoms with E-state index in [4.69, 9.17) is 9.97 Å². The monoisotopic (exact) mass is 636 g/mol. The molecule has 5 aromatic rings. The number of nitrogens with one attached hydrogen (secondary N) is 2. The molecule has 1 saturated carbocycles. The van der Waals surface area contributed by atoms with Crippen molar-refractivity contribution in [1.82, 2.24) is 14.7 Å². The summed E-state index contributed by atoms with van der Waals surface area (Å²) >= 11 is 0. The van der Waals surface area contributed by atoms with Gasteiger partial charge in [0.15, 0.2) is 0 Å². The lowest BCUT2D eigenvalue weighted by molar-refractivity contribution is 0.284. The van der Waals surface area contributed by atoms with E-state index >= 15 is 0 Å². The van der Waals surface area contributed by atoms with Crippen molar-refractivity contribution in [2.45, 2.75) is 38.0 Å². The maximum atomic E-state index is 13.2. The molecule has 240 valence electrons. The van der Waals surface area contributed by atoms with Crippen molar-refractivity contribution in [2.24, 2.45) is 11.8 Å². The van der Waals surface area contributed by atoms with Crippen LogP contribution in [0.4, 0.5) is 17.5 Å². The Morgan fingerprint density at radius 1 is 0.652 bits per heavy atom. The number of piperazine rings is 1. The van der Waals surface area contributed by atoms with Crippen molar-refractivity contribution < 1.29 is 8.42 Å². The van der Waals surface area contributed by atoms with Crippen LogP contribution in [0.15, 0.2) is 102 Å². The van der Waals surface area contributed by atoms with E-state index in [0.717, 1.165) is 85.9 Å². The first-order chi connectivity index (χ1) is 22.0. The highest BCUT2D eigenvalue weighted by Gasteiger charge is 2.25. The van der Waals surface area contributed by atoms with Crippen LogP contribution in [-0.2, 0) is 10.0 Å². The van der Waals surface area contributed by atoms with Crippen LogP contribution in [0.1, 0.15) is 33.1 Å². The number of para-hydroxylation sites is 2. The van der Waals surface area contributed by atoms with Gasteiger partial charge >= 0.3 is 0 Å². The standard InChI is InChI=1S/C36H40N6O2S.CH4/c43-45(44,34-16-8-10-29-9-4-5-13-31(29)34)38-26-28-19-17-27(18-20-28)25-37-36-39-33-15-7-6-14-32(33)35(40-36)42-23-21-41(22-24-42)30-11-2-1-3-12-30;/h1-16,27-28,38H,17-26H2,(H,37,39,40);1H4. The highest BCUT2D eigenvalue weighted by Crippen LogP contribution is 2.31. The maximum Gasteiger partial charge on any atom is 0.241 e. The van der Waals surface area contributed by atoms with Crippen molar-refractivity contribution in [1.29, 1.82) is 0 Å². The number of fused-ring (bicyclic) bond motifs is 2. The van der Waals surface area contributed by atoms with Gasteiger partial charge in [-0.3, -0.25) is 0 Å². The lowest BCUT2D eigenvalue weighted by Gasteiger charge is -2.37. The number of benzene rings is 4. The summed E-state index contributed by atoms with van der Waals surface area (Å²) in [5, 5.41) is 6.34. The molecule has 0 atom stereocenters. The number of anilines is 3. The molecule has 0 amide bonds. The number of sulfonamides is 1. The van der Waals surface area contributed by atoms with E-state index < -0.39 is 10.0 Å². The molecular weight excluding hydrogens is 593 g/mol. The van der Waals surface area contributed by atoms with Gasteiger partial charge in [-0.25, -0.2) is 18.1 Å². The Hall–Kier alpha value is -4.21. The van der Waals surface area contributed by atoms with Crippen LogP contribution in [0.5, 0.6) is 0 Å². The summed E-state index contributed by atoms with van der Waals surface area (Å²) in [6, 6.07) is 32.0. The molecule has 46 heavy (non-hydrogen) atoms. The molecule has 2 N–H and O–H groups in total. The van der Waals surface area contributed by atoms with Crippen LogP contribution in [0.3, 0.4) is 0 Å². The predicted octanol–water partition coefficient (Wildman–Crippen LogP) is 6.94. The van der Waals surface area contributed by atoms with E-state index in [2.05, 4.69) is 68.4 Å². The third-order valence-corrected chi connectivity index (χ3v) is 10.9. The number of hydrogen-bond donors (Lipinski definition) is 2. The molecule has 2 aliphatic rings. The summed E-state index contributed by atoms with van der Waals surface area (Å²) in [6.07, 6.45) is 4.10. The van der Waals surface area contributed by atoms with Gasteiger partial charge in [0.25, 0.3) is 0 Å². The molecule has 1 aliphatic carbocycles. The lowest BCUT2D eigenvalue weighted by atomic mass is 9.82. The van der Waals surface area contributed by atoms with Crippen LogP contribution in [0, 0.1) is 11.8 Å². The third kappa shape index (κ3) is 6.95.